The zero-order chi connectivity index (χ0) is 14.0. The Hall–Kier alpha value is -1.54. The molecule has 1 aliphatic rings. The van der Waals surface area contributed by atoms with Crippen molar-refractivity contribution in [2.24, 2.45) is 10.3 Å². The van der Waals surface area contributed by atoms with Crippen molar-refractivity contribution in [2.75, 3.05) is 11.1 Å². The lowest BCUT2D eigenvalue weighted by atomic mass is 10.2. The van der Waals surface area contributed by atoms with Crippen LogP contribution in [0.4, 0.5) is 5.69 Å². The summed E-state index contributed by atoms with van der Waals surface area (Å²) in [4.78, 5) is 10.8. The van der Waals surface area contributed by atoms with Crippen LogP contribution in [0.2, 0.25) is 0 Å². The van der Waals surface area contributed by atoms with Crippen molar-refractivity contribution in [3.63, 3.8) is 0 Å². The number of para-hydroxylation sites is 1. The number of nitrogens with zero attached hydrogens (tertiary/aromatic N) is 1. The van der Waals surface area contributed by atoms with Gasteiger partial charge in [-0.3, -0.25) is 4.79 Å². The Balaban J connectivity index is 2.18. The molecule has 0 radical (unpaired) electrons. The summed E-state index contributed by atoms with van der Waals surface area (Å²) in [6, 6.07) is 6.46. The largest absolute Gasteiger partial charge is 0.481 e. The number of carbonyl (C=O) groups is 1. The third-order valence-corrected chi connectivity index (χ3v) is 5.09. The minimum absolute atomic E-state index is 0.130. The number of anilines is 1. The second-order valence-corrected chi connectivity index (χ2v) is 6.62. The van der Waals surface area contributed by atoms with E-state index < -0.39 is 21.9 Å². The van der Waals surface area contributed by atoms with Crippen molar-refractivity contribution in [1.82, 2.24) is 0 Å². The van der Waals surface area contributed by atoms with E-state index in [-0.39, 0.29) is 15.8 Å². The van der Waals surface area contributed by atoms with Crippen LogP contribution in [0.5, 0.6) is 0 Å². The minimum Gasteiger partial charge on any atom is -0.481 e. The van der Waals surface area contributed by atoms with Gasteiger partial charge in [-0.25, -0.2) is 0 Å². The Bertz CT molecular complexity index is 640. The van der Waals surface area contributed by atoms with E-state index in [1.165, 1.54) is 6.07 Å². The van der Waals surface area contributed by atoms with Crippen LogP contribution in [0.1, 0.15) is 6.92 Å². The number of rotatable bonds is 3. The maximum Gasteiger partial charge on any atom is 0.307 e. The van der Waals surface area contributed by atoms with Gasteiger partial charge < -0.3 is 10.4 Å². The Kier molecular flexibility index (Phi) is 3.81. The van der Waals surface area contributed by atoms with Crippen molar-refractivity contribution in [3.8, 4) is 0 Å². The highest BCUT2D eigenvalue weighted by Crippen LogP contribution is 2.29. The smallest absolute Gasteiger partial charge is 0.307 e. The van der Waals surface area contributed by atoms with Gasteiger partial charge in [0.05, 0.1) is 11.6 Å². The lowest BCUT2D eigenvalue weighted by Gasteiger charge is -2.17. The van der Waals surface area contributed by atoms with Crippen LogP contribution in [-0.4, -0.2) is 30.4 Å². The molecule has 8 heteroatoms. The number of hydrogen-bond donors (Lipinski definition) is 2. The zero-order valence-corrected chi connectivity index (χ0v) is 11.7. The number of thioether (sulfide) groups is 1. The molecule has 0 fully saturated rings. The first kappa shape index (κ1) is 13.9. The molecule has 2 N–H and O–H groups in total. The molecule has 1 aromatic rings. The van der Waals surface area contributed by atoms with Crippen LogP contribution < -0.4 is 5.32 Å². The number of nitrogens with one attached hydrogen (secondary N) is 1. The monoisotopic (exact) mass is 300 g/mol. The normalized spacial score (nSPS) is 17.8. The topological polar surface area (TPSA) is 95.8 Å². The van der Waals surface area contributed by atoms with Gasteiger partial charge in [0.15, 0.2) is 5.17 Å². The van der Waals surface area contributed by atoms with Crippen molar-refractivity contribution in [2.45, 2.75) is 11.8 Å². The Labute approximate surface area is 115 Å². The summed E-state index contributed by atoms with van der Waals surface area (Å²) in [5.41, 5.74) is 0.461. The van der Waals surface area contributed by atoms with E-state index >= 15 is 0 Å². The third-order valence-electron chi connectivity index (χ3n) is 2.50. The third kappa shape index (κ3) is 3.07. The summed E-state index contributed by atoms with van der Waals surface area (Å²) in [7, 11) is -3.70. The molecule has 1 atom stereocenters. The lowest BCUT2D eigenvalue weighted by Crippen LogP contribution is -2.21. The highest BCUT2D eigenvalue weighted by Gasteiger charge is 2.25. The molecule has 1 heterocycles. The van der Waals surface area contributed by atoms with Crippen molar-refractivity contribution in [3.05, 3.63) is 24.3 Å². The molecule has 1 aromatic carbocycles. The number of carboxylic acid groups (broad SMARTS) is 1. The van der Waals surface area contributed by atoms with Crippen LogP contribution in [0.15, 0.2) is 33.6 Å². The van der Waals surface area contributed by atoms with E-state index in [4.69, 9.17) is 5.11 Å². The first-order chi connectivity index (χ1) is 8.90. The summed E-state index contributed by atoms with van der Waals surface area (Å²) < 4.78 is 27.4. The minimum atomic E-state index is -3.70. The molecule has 0 unspecified atom stereocenters. The predicted octanol–water partition coefficient (Wildman–Crippen LogP) is 1.61. The number of sulfonamides is 1. The van der Waals surface area contributed by atoms with Crippen molar-refractivity contribution >= 4 is 38.6 Å². The number of carboxylic acids is 1. The fraction of sp³-hybridized carbons (Fsp3) is 0.273. The Morgan fingerprint density at radius 1 is 1.47 bits per heavy atom. The van der Waals surface area contributed by atoms with Gasteiger partial charge in [-0.2, -0.15) is 8.42 Å². The summed E-state index contributed by atoms with van der Waals surface area (Å²) in [6.45, 7) is 1.56. The summed E-state index contributed by atoms with van der Waals surface area (Å²) in [5, 5.41) is 11.9. The van der Waals surface area contributed by atoms with Gasteiger partial charge in [0.2, 0.25) is 0 Å². The molecule has 19 heavy (non-hydrogen) atoms. The molecule has 0 saturated heterocycles. The molecule has 0 saturated carbocycles. The molecule has 1 aliphatic heterocycles. The van der Waals surface area contributed by atoms with E-state index in [9.17, 15) is 13.2 Å². The van der Waals surface area contributed by atoms with E-state index in [0.29, 0.717) is 5.69 Å². The average Bonchev–Trinajstić information content (AvgIpc) is 2.35. The number of fused-ring (bicyclic) bond motifs is 1. The van der Waals surface area contributed by atoms with Crippen LogP contribution in [0, 0.1) is 5.92 Å². The lowest BCUT2D eigenvalue weighted by molar-refractivity contribution is -0.140. The number of benzene rings is 1. The van der Waals surface area contributed by atoms with Gasteiger partial charge in [-0.1, -0.05) is 30.8 Å². The maximum absolute atomic E-state index is 11.9. The number of aliphatic carboxylic acids is 1. The second-order valence-electron chi connectivity index (χ2n) is 4.04. The van der Waals surface area contributed by atoms with Crippen LogP contribution in [0.25, 0.3) is 0 Å². The summed E-state index contributed by atoms with van der Waals surface area (Å²) in [5.74, 6) is -1.25. The van der Waals surface area contributed by atoms with Gasteiger partial charge in [0, 0.05) is 5.75 Å². The van der Waals surface area contributed by atoms with E-state index in [1.54, 1.807) is 25.1 Å². The van der Waals surface area contributed by atoms with Crippen molar-refractivity contribution < 1.29 is 18.3 Å². The quantitative estimate of drug-likeness (QED) is 0.880. The van der Waals surface area contributed by atoms with E-state index in [1.807, 2.05) is 0 Å². The standard InChI is InChI=1S/C11H12N2O4S2/c1-7(10(14)15)6-18-11-12-8-4-2-3-5-9(8)19(16,17)13-11/h2-5,7H,6H2,1H3,(H,12,13)(H,14,15)/t7-/m0/s1. The maximum atomic E-state index is 11.9. The van der Waals surface area contributed by atoms with Gasteiger partial charge in [0.25, 0.3) is 10.0 Å². The van der Waals surface area contributed by atoms with Gasteiger partial charge in [0.1, 0.15) is 4.90 Å². The number of hydrogen-bond acceptors (Lipinski definition) is 5. The van der Waals surface area contributed by atoms with Crippen LogP contribution in [0.3, 0.4) is 0 Å². The molecule has 6 nitrogen and oxygen atoms in total. The van der Waals surface area contributed by atoms with Crippen LogP contribution in [-0.2, 0) is 14.8 Å². The highest BCUT2D eigenvalue weighted by atomic mass is 32.2. The van der Waals surface area contributed by atoms with Gasteiger partial charge in [-0.15, -0.1) is 4.40 Å². The summed E-state index contributed by atoms with van der Waals surface area (Å²) in [6.07, 6.45) is 0. The first-order valence-corrected chi connectivity index (χ1v) is 7.89. The SMILES string of the molecule is C[C@@H](CSC1=NS(=O)(=O)c2ccccc2N1)C(=O)O. The predicted molar refractivity (Wildman–Crippen MR) is 73.9 cm³/mol. The van der Waals surface area contributed by atoms with Crippen LogP contribution >= 0.6 is 11.8 Å². The molecule has 0 amide bonds. The fourth-order valence-corrected chi connectivity index (χ4v) is 3.68. The molecule has 102 valence electrons. The second kappa shape index (κ2) is 5.22. The molecular weight excluding hydrogens is 288 g/mol. The highest BCUT2D eigenvalue weighted by molar-refractivity contribution is 8.14. The molecule has 0 aromatic heterocycles. The molecule has 0 aliphatic carbocycles. The number of amidine groups is 1. The summed E-state index contributed by atoms with van der Waals surface area (Å²) >= 11 is 1.08. The Morgan fingerprint density at radius 2 is 2.16 bits per heavy atom. The first-order valence-electron chi connectivity index (χ1n) is 5.47. The molecule has 0 bridgehead atoms. The van der Waals surface area contributed by atoms with Gasteiger partial charge in [-0.05, 0) is 12.1 Å². The zero-order valence-electron chi connectivity index (χ0n) is 10.0. The fourth-order valence-electron chi connectivity index (χ4n) is 1.43. The Morgan fingerprint density at radius 3 is 2.84 bits per heavy atom. The van der Waals surface area contributed by atoms with Gasteiger partial charge >= 0.3 is 5.97 Å². The molecule has 2 rings (SSSR count). The molecular formula is C11H12N2O4S2. The van der Waals surface area contributed by atoms with Crippen molar-refractivity contribution in [1.29, 1.82) is 0 Å². The van der Waals surface area contributed by atoms with E-state index in [0.717, 1.165) is 11.8 Å². The average molecular weight is 300 g/mol. The van der Waals surface area contributed by atoms with E-state index in [2.05, 4.69) is 9.71 Å². The molecule has 0 spiro atoms.